The van der Waals surface area contributed by atoms with Gasteiger partial charge in [0.05, 0.1) is 13.2 Å². The Hall–Kier alpha value is -1.88. The summed E-state index contributed by atoms with van der Waals surface area (Å²) in [7, 11) is 0. The lowest BCUT2D eigenvalue weighted by Gasteiger charge is -2.30. The van der Waals surface area contributed by atoms with Crippen LogP contribution in [0.25, 0.3) is 0 Å². The van der Waals surface area contributed by atoms with Crippen molar-refractivity contribution in [2.24, 2.45) is 5.41 Å². The third-order valence-electron chi connectivity index (χ3n) is 4.52. The Morgan fingerprint density at radius 2 is 1.86 bits per heavy atom. The van der Waals surface area contributed by atoms with Crippen molar-refractivity contribution < 1.29 is 14.3 Å². The van der Waals surface area contributed by atoms with Crippen LogP contribution in [-0.4, -0.2) is 43.0 Å². The Kier molecular flexibility index (Phi) is 3.91. The number of ether oxygens (including phenoxy) is 1. The molecule has 118 valence electrons. The Morgan fingerprint density at radius 3 is 2.45 bits per heavy atom. The highest BCUT2D eigenvalue weighted by molar-refractivity contribution is 6.13. The van der Waals surface area contributed by atoms with Crippen molar-refractivity contribution in [3.63, 3.8) is 0 Å². The monoisotopic (exact) mass is 302 g/mol. The van der Waals surface area contributed by atoms with E-state index in [2.05, 4.69) is 5.32 Å². The van der Waals surface area contributed by atoms with Gasteiger partial charge in [0.15, 0.2) is 0 Å². The third kappa shape index (κ3) is 2.73. The van der Waals surface area contributed by atoms with Crippen LogP contribution in [0.3, 0.4) is 0 Å². The molecule has 2 fully saturated rings. The normalized spacial score (nSPS) is 19.6. The highest BCUT2D eigenvalue weighted by Crippen LogP contribution is 2.48. The second-order valence-corrected chi connectivity index (χ2v) is 6.26. The zero-order valence-electron chi connectivity index (χ0n) is 13.1. The lowest BCUT2D eigenvalue weighted by molar-refractivity contribution is -0.145. The lowest BCUT2D eigenvalue weighted by Crippen LogP contribution is -2.47. The van der Waals surface area contributed by atoms with E-state index in [0.29, 0.717) is 39.1 Å². The van der Waals surface area contributed by atoms with Crippen LogP contribution in [0.1, 0.15) is 24.0 Å². The van der Waals surface area contributed by atoms with Crippen LogP contribution in [0.4, 0.5) is 5.69 Å². The predicted molar refractivity (Wildman–Crippen MR) is 83.6 cm³/mol. The number of amides is 2. The molecule has 5 heteroatoms. The summed E-state index contributed by atoms with van der Waals surface area (Å²) in [4.78, 5) is 27.1. The van der Waals surface area contributed by atoms with Gasteiger partial charge < -0.3 is 15.0 Å². The molecule has 1 heterocycles. The molecule has 1 aromatic carbocycles. The van der Waals surface area contributed by atoms with Crippen LogP contribution in [0.15, 0.2) is 18.2 Å². The average molecular weight is 302 g/mol. The molecular weight excluding hydrogens is 280 g/mol. The van der Waals surface area contributed by atoms with E-state index in [4.69, 9.17) is 4.74 Å². The zero-order chi connectivity index (χ0) is 15.7. The summed E-state index contributed by atoms with van der Waals surface area (Å²) in [5.41, 5.74) is 2.11. The molecule has 1 saturated carbocycles. The van der Waals surface area contributed by atoms with E-state index >= 15 is 0 Å². The fraction of sp³-hybridized carbons (Fsp3) is 0.529. The predicted octanol–water partition coefficient (Wildman–Crippen LogP) is 1.88. The van der Waals surface area contributed by atoms with Gasteiger partial charge in [0.25, 0.3) is 0 Å². The first-order valence-electron chi connectivity index (χ1n) is 7.79. The Labute approximate surface area is 130 Å². The second kappa shape index (κ2) is 5.72. The summed E-state index contributed by atoms with van der Waals surface area (Å²) >= 11 is 0. The van der Waals surface area contributed by atoms with Gasteiger partial charge in [0.2, 0.25) is 11.8 Å². The molecule has 0 aromatic heterocycles. The van der Waals surface area contributed by atoms with Gasteiger partial charge >= 0.3 is 0 Å². The smallest absolute Gasteiger partial charge is 0.240 e. The Morgan fingerprint density at radius 1 is 1.18 bits per heavy atom. The van der Waals surface area contributed by atoms with Crippen molar-refractivity contribution in [2.45, 2.75) is 26.7 Å². The maximum atomic E-state index is 12.7. The molecule has 1 aliphatic carbocycles. The number of aryl methyl sites for hydroxylation is 2. The molecule has 1 aliphatic heterocycles. The summed E-state index contributed by atoms with van der Waals surface area (Å²) in [5.74, 6) is -0.214. The standard InChI is InChI=1S/C17H22N2O3/c1-12-3-4-14(13(2)11-12)18-15(20)17(5-6-17)16(21)19-7-9-22-10-8-19/h3-4,11H,5-10H2,1-2H3,(H,18,20). The molecule has 1 saturated heterocycles. The van der Waals surface area contributed by atoms with Gasteiger partial charge in [-0.2, -0.15) is 0 Å². The number of morpholine rings is 1. The fourth-order valence-electron chi connectivity index (χ4n) is 2.93. The van der Waals surface area contributed by atoms with Crippen molar-refractivity contribution in [3.05, 3.63) is 29.3 Å². The summed E-state index contributed by atoms with van der Waals surface area (Å²) in [6, 6.07) is 5.89. The van der Waals surface area contributed by atoms with E-state index in [0.717, 1.165) is 16.8 Å². The summed E-state index contributed by atoms with van der Waals surface area (Å²) in [6.45, 7) is 6.25. The van der Waals surface area contributed by atoms with E-state index in [-0.39, 0.29) is 11.8 Å². The number of nitrogens with one attached hydrogen (secondary N) is 1. The largest absolute Gasteiger partial charge is 0.378 e. The highest BCUT2D eigenvalue weighted by Gasteiger charge is 2.58. The SMILES string of the molecule is Cc1ccc(NC(=O)C2(C(=O)N3CCOCC3)CC2)c(C)c1. The lowest BCUT2D eigenvalue weighted by atomic mass is 10.0. The number of anilines is 1. The molecule has 2 amide bonds. The second-order valence-electron chi connectivity index (χ2n) is 6.26. The number of hydrogen-bond donors (Lipinski definition) is 1. The summed E-state index contributed by atoms with van der Waals surface area (Å²) in [6.07, 6.45) is 1.28. The van der Waals surface area contributed by atoms with Crippen molar-refractivity contribution >= 4 is 17.5 Å². The maximum Gasteiger partial charge on any atom is 0.240 e. The van der Waals surface area contributed by atoms with Gasteiger partial charge in [0, 0.05) is 18.8 Å². The Balaban J connectivity index is 1.72. The number of rotatable bonds is 3. The average Bonchev–Trinajstić information content (AvgIpc) is 3.32. The third-order valence-corrected chi connectivity index (χ3v) is 4.52. The van der Waals surface area contributed by atoms with Crippen LogP contribution in [0.2, 0.25) is 0 Å². The van der Waals surface area contributed by atoms with Crippen molar-refractivity contribution in [3.8, 4) is 0 Å². The van der Waals surface area contributed by atoms with Gasteiger partial charge in [0.1, 0.15) is 5.41 Å². The number of carbonyl (C=O) groups excluding carboxylic acids is 2. The molecule has 0 atom stereocenters. The molecule has 1 aromatic rings. The first-order valence-corrected chi connectivity index (χ1v) is 7.79. The molecule has 0 unspecified atom stereocenters. The molecule has 1 N–H and O–H groups in total. The number of benzene rings is 1. The summed E-state index contributed by atoms with van der Waals surface area (Å²) in [5, 5.41) is 2.94. The van der Waals surface area contributed by atoms with Gasteiger partial charge in [-0.1, -0.05) is 17.7 Å². The van der Waals surface area contributed by atoms with Crippen LogP contribution in [-0.2, 0) is 14.3 Å². The number of carbonyl (C=O) groups is 2. The Bertz CT molecular complexity index is 602. The quantitative estimate of drug-likeness (QED) is 0.867. The van der Waals surface area contributed by atoms with Gasteiger partial charge in [-0.05, 0) is 38.3 Å². The van der Waals surface area contributed by atoms with Crippen molar-refractivity contribution in [1.82, 2.24) is 4.90 Å². The molecule has 5 nitrogen and oxygen atoms in total. The van der Waals surface area contributed by atoms with Gasteiger partial charge in [-0.3, -0.25) is 9.59 Å². The minimum atomic E-state index is -0.853. The summed E-state index contributed by atoms with van der Waals surface area (Å²) < 4.78 is 5.27. The number of hydrogen-bond acceptors (Lipinski definition) is 3. The highest BCUT2D eigenvalue weighted by atomic mass is 16.5. The van der Waals surface area contributed by atoms with Crippen LogP contribution < -0.4 is 5.32 Å². The van der Waals surface area contributed by atoms with Crippen LogP contribution in [0, 0.1) is 19.3 Å². The minimum Gasteiger partial charge on any atom is -0.378 e. The molecule has 2 aliphatic rings. The molecule has 0 bridgehead atoms. The maximum absolute atomic E-state index is 12.7. The van der Waals surface area contributed by atoms with E-state index in [1.54, 1.807) is 4.90 Å². The molecule has 0 spiro atoms. The molecule has 0 radical (unpaired) electrons. The van der Waals surface area contributed by atoms with E-state index in [1.807, 2.05) is 32.0 Å². The first kappa shape index (κ1) is 15.0. The topological polar surface area (TPSA) is 58.6 Å². The number of nitrogens with zero attached hydrogens (tertiary/aromatic N) is 1. The van der Waals surface area contributed by atoms with E-state index in [9.17, 15) is 9.59 Å². The van der Waals surface area contributed by atoms with Crippen molar-refractivity contribution in [1.29, 1.82) is 0 Å². The first-order chi connectivity index (χ1) is 10.5. The minimum absolute atomic E-state index is 0.0435. The van der Waals surface area contributed by atoms with Crippen LogP contribution >= 0.6 is 0 Å². The molecular formula is C17H22N2O3. The van der Waals surface area contributed by atoms with Gasteiger partial charge in [-0.15, -0.1) is 0 Å². The molecule has 3 rings (SSSR count). The van der Waals surface area contributed by atoms with Crippen LogP contribution in [0.5, 0.6) is 0 Å². The fourth-order valence-corrected chi connectivity index (χ4v) is 2.93. The van der Waals surface area contributed by atoms with Crippen molar-refractivity contribution in [2.75, 3.05) is 31.6 Å². The molecule has 22 heavy (non-hydrogen) atoms. The zero-order valence-corrected chi connectivity index (χ0v) is 13.1. The van der Waals surface area contributed by atoms with Gasteiger partial charge in [-0.25, -0.2) is 0 Å². The van der Waals surface area contributed by atoms with E-state index in [1.165, 1.54) is 0 Å². The van der Waals surface area contributed by atoms with E-state index < -0.39 is 5.41 Å².